The van der Waals surface area contributed by atoms with Crippen molar-refractivity contribution < 1.29 is 27.5 Å². The summed E-state index contributed by atoms with van der Waals surface area (Å²) in [6.07, 6.45) is -0.847. The molecule has 1 fully saturated rings. The summed E-state index contributed by atoms with van der Waals surface area (Å²) in [7, 11) is -3.73. The number of hydrogen-bond acceptors (Lipinski definition) is 6. The van der Waals surface area contributed by atoms with Gasteiger partial charge in [0.2, 0.25) is 10.0 Å². The van der Waals surface area contributed by atoms with E-state index >= 15 is 0 Å². The molecule has 0 aliphatic carbocycles. The molecule has 9 nitrogen and oxygen atoms in total. The third-order valence-electron chi connectivity index (χ3n) is 4.43. The van der Waals surface area contributed by atoms with Crippen LogP contribution in [-0.2, 0) is 19.6 Å². The number of sulfonamides is 1. The molecule has 0 aromatic heterocycles. The molecule has 2 aromatic rings. The lowest BCUT2D eigenvalue weighted by Gasteiger charge is -2.26. The fourth-order valence-corrected chi connectivity index (χ4v) is 4.24. The zero-order valence-corrected chi connectivity index (χ0v) is 17.2. The van der Waals surface area contributed by atoms with Crippen LogP contribution in [0.1, 0.15) is 17.3 Å². The van der Waals surface area contributed by atoms with Gasteiger partial charge in [0.1, 0.15) is 5.75 Å². The number of hydrogen-bond donors (Lipinski definition) is 2. The predicted molar refractivity (Wildman–Crippen MR) is 108 cm³/mol. The van der Waals surface area contributed by atoms with Gasteiger partial charge in [-0.3, -0.25) is 20.4 Å². The SMILES string of the molecule is CC(Oc1ccccc1)C(=O)NNC(=O)c1cccc(S(=O)(=O)N2CCOCC2)c1. The third kappa shape index (κ3) is 5.35. The van der Waals surface area contributed by atoms with Gasteiger partial charge in [0.05, 0.1) is 18.1 Å². The number of hydrazine groups is 1. The van der Waals surface area contributed by atoms with E-state index in [1.54, 1.807) is 31.2 Å². The van der Waals surface area contributed by atoms with E-state index in [2.05, 4.69) is 10.9 Å². The monoisotopic (exact) mass is 433 g/mol. The van der Waals surface area contributed by atoms with Crippen molar-refractivity contribution in [2.75, 3.05) is 26.3 Å². The highest BCUT2D eigenvalue weighted by molar-refractivity contribution is 7.89. The number of carbonyl (C=O) groups is 2. The Labute approximate surface area is 175 Å². The minimum absolute atomic E-state index is 0.00385. The fraction of sp³-hybridized carbons (Fsp3) is 0.300. The van der Waals surface area contributed by atoms with Crippen molar-refractivity contribution in [1.82, 2.24) is 15.2 Å². The number of nitrogens with one attached hydrogen (secondary N) is 2. The number of amides is 2. The van der Waals surface area contributed by atoms with Crippen molar-refractivity contribution in [2.45, 2.75) is 17.9 Å². The first-order chi connectivity index (χ1) is 14.4. The zero-order chi connectivity index (χ0) is 21.6. The molecule has 1 unspecified atom stereocenters. The lowest BCUT2D eigenvalue weighted by atomic mass is 10.2. The summed E-state index contributed by atoms with van der Waals surface area (Å²) in [5.74, 6) is -0.675. The summed E-state index contributed by atoms with van der Waals surface area (Å²) in [5.41, 5.74) is 4.66. The van der Waals surface area contributed by atoms with Crippen LogP contribution < -0.4 is 15.6 Å². The maximum Gasteiger partial charge on any atom is 0.279 e. The molecule has 1 aliphatic heterocycles. The highest BCUT2D eigenvalue weighted by atomic mass is 32.2. The highest BCUT2D eigenvalue weighted by Crippen LogP contribution is 2.18. The zero-order valence-electron chi connectivity index (χ0n) is 16.4. The fourth-order valence-electron chi connectivity index (χ4n) is 2.78. The minimum Gasteiger partial charge on any atom is -0.481 e. The van der Waals surface area contributed by atoms with E-state index in [9.17, 15) is 18.0 Å². The van der Waals surface area contributed by atoms with Crippen molar-refractivity contribution in [3.63, 3.8) is 0 Å². The van der Waals surface area contributed by atoms with Gasteiger partial charge >= 0.3 is 0 Å². The Morgan fingerprint density at radius 3 is 2.43 bits per heavy atom. The smallest absolute Gasteiger partial charge is 0.279 e. The van der Waals surface area contributed by atoms with Gasteiger partial charge < -0.3 is 9.47 Å². The quantitative estimate of drug-likeness (QED) is 0.656. The maximum atomic E-state index is 12.7. The second kappa shape index (κ2) is 9.70. The Balaban J connectivity index is 1.60. The molecule has 1 heterocycles. The average Bonchev–Trinajstić information content (AvgIpc) is 2.78. The maximum absolute atomic E-state index is 12.7. The topological polar surface area (TPSA) is 114 Å². The summed E-state index contributed by atoms with van der Waals surface area (Å²) < 4.78 is 37.5. The summed E-state index contributed by atoms with van der Waals surface area (Å²) in [4.78, 5) is 24.5. The van der Waals surface area contributed by atoms with E-state index in [-0.39, 0.29) is 23.5 Å². The largest absolute Gasteiger partial charge is 0.481 e. The van der Waals surface area contributed by atoms with E-state index in [0.717, 1.165) is 0 Å². The molecule has 0 spiro atoms. The molecule has 0 saturated carbocycles. The Hall–Kier alpha value is -2.95. The number of nitrogens with zero attached hydrogens (tertiary/aromatic N) is 1. The van der Waals surface area contributed by atoms with Crippen molar-refractivity contribution >= 4 is 21.8 Å². The Kier molecular flexibility index (Phi) is 7.03. The van der Waals surface area contributed by atoms with Gasteiger partial charge in [0.25, 0.3) is 11.8 Å². The van der Waals surface area contributed by atoms with Crippen molar-refractivity contribution in [3.8, 4) is 5.75 Å². The van der Waals surface area contributed by atoms with Gasteiger partial charge in [-0.2, -0.15) is 4.31 Å². The molecule has 2 amide bonds. The minimum atomic E-state index is -3.73. The lowest BCUT2D eigenvalue weighted by molar-refractivity contribution is -0.128. The van der Waals surface area contributed by atoms with E-state index in [4.69, 9.17) is 9.47 Å². The van der Waals surface area contributed by atoms with E-state index in [0.29, 0.717) is 19.0 Å². The van der Waals surface area contributed by atoms with Crippen LogP contribution in [0.5, 0.6) is 5.75 Å². The summed E-state index contributed by atoms with van der Waals surface area (Å²) in [6, 6.07) is 14.4. The standard InChI is InChI=1S/C20H23N3O6S/c1-15(29-17-7-3-2-4-8-17)19(24)21-22-20(25)16-6-5-9-18(14-16)30(26,27)23-10-12-28-13-11-23/h2-9,14-15H,10-13H2,1H3,(H,21,24)(H,22,25). The first-order valence-electron chi connectivity index (χ1n) is 9.38. The molecule has 30 heavy (non-hydrogen) atoms. The summed E-state index contributed by atoms with van der Waals surface area (Å²) >= 11 is 0. The van der Waals surface area contributed by atoms with Crippen molar-refractivity contribution in [1.29, 1.82) is 0 Å². The molecular weight excluding hydrogens is 410 g/mol. The lowest BCUT2D eigenvalue weighted by Crippen LogP contribution is -2.47. The Bertz CT molecular complexity index is 991. The second-order valence-electron chi connectivity index (χ2n) is 6.56. The van der Waals surface area contributed by atoms with E-state index in [1.165, 1.54) is 28.6 Å². The van der Waals surface area contributed by atoms with Crippen LogP contribution in [0.3, 0.4) is 0 Å². The van der Waals surface area contributed by atoms with E-state index in [1.807, 2.05) is 6.07 Å². The first-order valence-corrected chi connectivity index (χ1v) is 10.8. The van der Waals surface area contributed by atoms with Gasteiger partial charge in [-0.25, -0.2) is 8.42 Å². The molecule has 10 heteroatoms. The van der Waals surface area contributed by atoms with Gasteiger partial charge in [-0.15, -0.1) is 0 Å². The van der Waals surface area contributed by atoms with Gasteiger partial charge in [0, 0.05) is 18.7 Å². The molecule has 1 saturated heterocycles. The average molecular weight is 433 g/mol. The Morgan fingerprint density at radius 1 is 1.03 bits per heavy atom. The number of morpholine rings is 1. The van der Waals surface area contributed by atoms with Crippen molar-refractivity contribution in [3.05, 3.63) is 60.2 Å². The number of carbonyl (C=O) groups excluding carboxylic acids is 2. The number of ether oxygens (including phenoxy) is 2. The predicted octanol–water partition coefficient (Wildman–Crippen LogP) is 0.936. The molecule has 0 radical (unpaired) electrons. The van der Waals surface area contributed by atoms with Gasteiger partial charge in [-0.1, -0.05) is 24.3 Å². The van der Waals surface area contributed by atoms with Gasteiger partial charge in [-0.05, 0) is 37.3 Å². The van der Waals surface area contributed by atoms with Crippen LogP contribution in [0.25, 0.3) is 0 Å². The number of para-hydroxylation sites is 1. The molecule has 1 atom stereocenters. The molecule has 2 N–H and O–H groups in total. The van der Waals surface area contributed by atoms with Crippen LogP contribution in [0.4, 0.5) is 0 Å². The molecular formula is C20H23N3O6S. The number of rotatable bonds is 6. The molecule has 0 bridgehead atoms. The highest BCUT2D eigenvalue weighted by Gasteiger charge is 2.27. The van der Waals surface area contributed by atoms with E-state index < -0.39 is 27.9 Å². The molecule has 2 aromatic carbocycles. The van der Waals surface area contributed by atoms with Crippen LogP contribution in [-0.4, -0.2) is 56.9 Å². The Morgan fingerprint density at radius 2 is 1.73 bits per heavy atom. The molecule has 160 valence electrons. The van der Waals surface area contributed by atoms with Crippen molar-refractivity contribution in [2.24, 2.45) is 0 Å². The normalized spacial score (nSPS) is 15.8. The number of benzene rings is 2. The summed E-state index contributed by atoms with van der Waals surface area (Å²) in [6.45, 7) is 2.72. The van der Waals surface area contributed by atoms with Crippen LogP contribution in [0.2, 0.25) is 0 Å². The first kappa shape index (κ1) is 21.8. The third-order valence-corrected chi connectivity index (χ3v) is 6.32. The molecule has 3 rings (SSSR count). The van der Waals surface area contributed by atoms with Gasteiger partial charge in [0.15, 0.2) is 6.10 Å². The van der Waals surface area contributed by atoms with Crippen LogP contribution >= 0.6 is 0 Å². The van der Waals surface area contributed by atoms with Crippen LogP contribution in [0, 0.1) is 0 Å². The summed E-state index contributed by atoms with van der Waals surface area (Å²) in [5, 5.41) is 0. The molecule has 1 aliphatic rings. The second-order valence-corrected chi connectivity index (χ2v) is 8.50. The van der Waals surface area contributed by atoms with Crippen LogP contribution in [0.15, 0.2) is 59.5 Å².